The molecule has 5 nitrogen and oxygen atoms in total. The maximum absolute atomic E-state index is 5.93. The van der Waals surface area contributed by atoms with Crippen molar-refractivity contribution in [3.05, 3.63) is 35.3 Å². The predicted molar refractivity (Wildman–Crippen MR) is 83.1 cm³/mol. The molecule has 2 N–H and O–H groups in total. The van der Waals surface area contributed by atoms with Gasteiger partial charge in [-0.15, -0.1) is 0 Å². The number of aromatic nitrogens is 2. The molecule has 0 unspecified atom stereocenters. The molecule has 21 heavy (non-hydrogen) atoms. The van der Waals surface area contributed by atoms with Gasteiger partial charge in [0.05, 0.1) is 13.3 Å². The molecule has 5 heteroatoms. The quantitative estimate of drug-likeness (QED) is 0.930. The molecule has 0 radical (unpaired) electrons. The van der Waals surface area contributed by atoms with Crippen LogP contribution in [-0.4, -0.2) is 17.1 Å². The Bertz CT molecular complexity index is 654. The molecule has 112 valence electrons. The van der Waals surface area contributed by atoms with Crippen LogP contribution in [0.25, 0.3) is 0 Å². The molecule has 2 rings (SSSR count). The van der Waals surface area contributed by atoms with Crippen LogP contribution in [0.5, 0.6) is 17.2 Å². The summed E-state index contributed by atoms with van der Waals surface area (Å²) < 4.78 is 11.3. The Morgan fingerprint density at radius 3 is 2.38 bits per heavy atom. The molecule has 2 aromatic rings. The van der Waals surface area contributed by atoms with Crippen molar-refractivity contribution >= 4 is 5.82 Å². The van der Waals surface area contributed by atoms with E-state index in [1.165, 1.54) is 0 Å². The lowest BCUT2D eigenvalue weighted by molar-refractivity contribution is 0.407. The van der Waals surface area contributed by atoms with Crippen molar-refractivity contribution in [3.8, 4) is 17.2 Å². The number of nitrogens with two attached hydrogens (primary N) is 1. The van der Waals surface area contributed by atoms with Crippen molar-refractivity contribution in [3.63, 3.8) is 0 Å². The van der Waals surface area contributed by atoms with Crippen LogP contribution in [0.15, 0.2) is 18.3 Å². The molecule has 0 aliphatic rings. The molecule has 0 saturated heterocycles. The zero-order valence-corrected chi connectivity index (χ0v) is 13.1. The molecule has 0 fully saturated rings. The summed E-state index contributed by atoms with van der Waals surface area (Å²) in [7, 11) is 1.67. The summed E-state index contributed by atoms with van der Waals surface area (Å²) in [5.74, 6) is 3.32. The van der Waals surface area contributed by atoms with Gasteiger partial charge in [0, 0.05) is 5.56 Å². The summed E-state index contributed by atoms with van der Waals surface area (Å²) in [5.41, 5.74) is 7.95. The van der Waals surface area contributed by atoms with Crippen LogP contribution in [-0.2, 0) is 0 Å². The van der Waals surface area contributed by atoms with Crippen molar-refractivity contribution in [2.24, 2.45) is 0 Å². The number of hydrogen-bond acceptors (Lipinski definition) is 5. The van der Waals surface area contributed by atoms with Crippen LogP contribution in [0.1, 0.15) is 36.7 Å². The predicted octanol–water partition coefficient (Wildman–Crippen LogP) is 3.60. The monoisotopic (exact) mass is 287 g/mol. The van der Waals surface area contributed by atoms with E-state index in [0.717, 1.165) is 22.6 Å². The lowest BCUT2D eigenvalue weighted by atomic mass is 10.00. The molecule has 0 bridgehead atoms. The molecule has 0 saturated carbocycles. The van der Waals surface area contributed by atoms with Gasteiger partial charge < -0.3 is 15.2 Å². The summed E-state index contributed by atoms with van der Waals surface area (Å²) in [6.07, 6.45) is 1.60. The highest BCUT2D eigenvalue weighted by atomic mass is 16.5. The first kappa shape index (κ1) is 15.1. The van der Waals surface area contributed by atoms with E-state index in [-0.39, 0.29) is 0 Å². The van der Waals surface area contributed by atoms with E-state index < -0.39 is 0 Å². The van der Waals surface area contributed by atoms with Gasteiger partial charge in [-0.1, -0.05) is 13.8 Å². The van der Waals surface area contributed by atoms with Crippen molar-refractivity contribution in [2.75, 3.05) is 12.8 Å². The van der Waals surface area contributed by atoms with Gasteiger partial charge in [0.15, 0.2) is 11.6 Å². The van der Waals surface area contributed by atoms with Gasteiger partial charge in [0.2, 0.25) is 0 Å². The molecule has 1 aromatic heterocycles. The van der Waals surface area contributed by atoms with Crippen molar-refractivity contribution in [1.29, 1.82) is 0 Å². The molecule has 0 spiro atoms. The Morgan fingerprint density at radius 1 is 1.10 bits per heavy atom. The van der Waals surface area contributed by atoms with Crippen LogP contribution in [0.3, 0.4) is 0 Å². The topological polar surface area (TPSA) is 70.3 Å². The Hall–Kier alpha value is -2.30. The minimum Gasteiger partial charge on any atom is -0.496 e. The Labute approximate surface area is 125 Å². The van der Waals surface area contributed by atoms with E-state index in [9.17, 15) is 0 Å². The van der Waals surface area contributed by atoms with Crippen LogP contribution in [0.2, 0.25) is 0 Å². The smallest absolute Gasteiger partial charge is 0.187 e. The first-order valence-electron chi connectivity index (χ1n) is 6.88. The number of ether oxygens (including phenoxy) is 2. The molecule has 0 aliphatic carbocycles. The van der Waals surface area contributed by atoms with E-state index in [0.29, 0.717) is 23.3 Å². The highest BCUT2D eigenvalue weighted by molar-refractivity contribution is 5.52. The fourth-order valence-corrected chi connectivity index (χ4v) is 2.11. The zero-order chi connectivity index (χ0) is 15.6. The van der Waals surface area contributed by atoms with Gasteiger partial charge in [-0.3, -0.25) is 0 Å². The Morgan fingerprint density at radius 2 is 1.81 bits per heavy atom. The van der Waals surface area contributed by atoms with Crippen molar-refractivity contribution in [2.45, 2.75) is 33.6 Å². The Balaban J connectivity index is 2.45. The number of anilines is 1. The van der Waals surface area contributed by atoms with Crippen LogP contribution in [0, 0.1) is 13.8 Å². The third-order valence-corrected chi connectivity index (χ3v) is 3.27. The highest BCUT2D eigenvalue weighted by Crippen LogP contribution is 2.36. The number of nitrogens with zero attached hydrogens (tertiary/aromatic N) is 2. The first-order chi connectivity index (χ1) is 9.92. The average Bonchev–Trinajstić information content (AvgIpc) is 2.41. The molecule has 0 atom stereocenters. The number of hydrogen-bond donors (Lipinski definition) is 1. The molecule has 1 aromatic carbocycles. The SMILES string of the molecule is COc1cc(C(C)C)c(Oc2cnc(C)nc2N)cc1C. The van der Waals surface area contributed by atoms with Gasteiger partial charge in [-0.25, -0.2) is 9.97 Å². The van der Waals surface area contributed by atoms with Gasteiger partial charge in [-0.2, -0.15) is 0 Å². The standard InChI is InChI=1S/C16H21N3O2/c1-9(2)12-7-13(20-5)10(3)6-14(12)21-15-8-18-11(4)19-16(15)17/h6-9H,1-5H3,(H2,17,18,19). The second-order valence-corrected chi connectivity index (χ2v) is 5.28. The number of aryl methyl sites for hydroxylation is 2. The normalized spacial score (nSPS) is 10.8. The molecule has 0 amide bonds. The largest absolute Gasteiger partial charge is 0.496 e. The van der Waals surface area contributed by atoms with E-state index in [1.807, 2.05) is 19.1 Å². The highest BCUT2D eigenvalue weighted by Gasteiger charge is 2.14. The van der Waals surface area contributed by atoms with E-state index >= 15 is 0 Å². The van der Waals surface area contributed by atoms with Gasteiger partial charge in [-0.05, 0) is 37.5 Å². The fraction of sp³-hybridized carbons (Fsp3) is 0.375. The van der Waals surface area contributed by atoms with E-state index in [4.69, 9.17) is 15.2 Å². The van der Waals surface area contributed by atoms with E-state index in [2.05, 4.69) is 23.8 Å². The summed E-state index contributed by atoms with van der Waals surface area (Å²) >= 11 is 0. The summed E-state index contributed by atoms with van der Waals surface area (Å²) in [6.45, 7) is 7.97. The zero-order valence-electron chi connectivity index (χ0n) is 13.1. The second-order valence-electron chi connectivity index (χ2n) is 5.28. The van der Waals surface area contributed by atoms with Gasteiger partial charge in [0.1, 0.15) is 17.3 Å². The third kappa shape index (κ3) is 3.24. The van der Waals surface area contributed by atoms with Crippen LogP contribution >= 0.6 is 0 Å². The summed E-state index contributed by atoms with van der Waals surface area (Å²) in [4.78, 5) is 8.24. The number of benzene rings is 1. The Kier molecular flexibility index (Phi) is 4.31. The minimum atomic E-state index is 0.294. The van der Waals surface area contributed by atoms with Gasteiger partial charge >= 0.3 is 0 Å². The maximum Gasteiger partial charge on any atom is 0.187 e. The molecule has 1 heterocycles. The van der Waals surface area contributed by atoms with Crippen molar-refractivity contribution < 1.29 is 9.47 Å². The molecular weight excluding hydrogens is 266 g/mol. The van der Waals surface area contributed by atoms with Crippen LogP contribution < -0.4 is 15.2 Å². The lowest BCUT2D eigenvalue weighted by Gasteiger charge is -2.17. The summed E-state index contributed by atoms with van der Waals surface area (Å²) in [5, 5.41) is 0. The van der Waals surface area contributed by atoms with Crippen LogP contribution in [0.4, 0.5) is 5.82 Å². The number of methoxy groups -OCH3 is 1. The minimum absolute atomic E-state index is 0.294. The van der Waals surface area contributed by atoms with Gasteiger partial charge in [0.25, 0.3) is 0 Å². The lowest BCUT2D eigenvalue weighted by Crippen LogP contribution is -2.02. The molecule has 0 aliphatic heterocycles. The van der Waals surface area contributed by atoms with Crippen molar-refractivity contribution in [1.82, 2.24) is 9.97 Å². The fourth-order valence-electron chi connectivity index (χ4n) is 2.11. The third-order valence-electron chi connectivity index (χ3n) is 3.27. The number of nitrogen functional groups attached to an aromatic ring is 1. The second kappa shape index (κ2) is 5.99. The number of rotatable bonds is 4. The summed E-state index contributed by atoms with van der Waals surface area (Å²) in [6, 6.07) is 3.95. The van der Waals surface area contributed by atoms with E-state index in [1.54, 1.807) is 20.2 Å². The molecular formula is C16H21N3O2. The maximum atomic E-state index is 5.93. The average molecular weight is 287 g/mol. The first-order valence-corrected chi connectivity index (χ1v) is 6.88.